The third-order valence-corrected chi connectivity index (χ3v) is 12.2. The highest BCUT2D eigenvalue weighted by atomic mass is 15.0. The first-order valence-corrected chi connectivity index (χ1v) is 21.2. The van der Waals surface area contributed by atoms with Crippen LogP contribution in [-0.2, 0) is 19.6 Å². The van der Waals surface area contributed by atoms with Gasteiger partial charge in [0.2, 0.25) is 0 Å². The molecule has 0 spiro atoms. The Balaban J connectivity index is 1.03. The van der Waals surface area contributed by atoms with Crippen LogP contribution >= 0.6 is 0 Å². The molecule has 0 bridgehead atoms. The predicted molar refractivity (Wildman–Crippen MR) is 254 cm³/mol. The predicted octanol–water partition coefficient (Wildman–Crippen LogP) is 15.0. The number of benzene rings is 5. The minimum absolute atomic E-state index is 0.570. The monoisotopic (exact) mass is 755 g/mol. The highest BCUT2D eigenvalue weighted by Crippen LogP contribution is 2.37. The molecule has 3 nitrogen and oxygen atoms in total. The summed E-state index contributed by atoms with van der Waals surface area (Å²) >= 11 is 0. The van der Waals surface area contributed by atoms with E-state index in [4.69, 9.17) is 0 Å². The molecule has 0 radical (unpaired) electrons. The molecule has 3 aromatic heterocycles. The number of fused-ring (bicyclic) bond motifs is 7. The number of allylic oxidation sites excluding steroid dienone is 3. The van der Waals surface area contributed by atoms with E-state index >= 15 is 0 Å². The SMILES string of the molecule is CCn1c2c(c(C)c1/C=C\C/C=C/c1cc(/C=C/c3ccc4c(c3)c3ccccc3n4CC)cc(/C=C/c3ccc4c(c3)c3ccccc3n4CC)c1)C(C)CC=C2. The van der Waals surface area contributed by atoms with E-state index in [2.05, 4.69) is 212 Å². The quantitative estimate of drug-likeness (QED) is 0.117. The molecule has 0 fully saturated rings. The summed E-state index contributed by atoms with van der Waals surface area (Å²) in [6.07, 6.45) is 24.9. The number of para-hydroxylation sites is 2. The minimum Gasteiger partial charge on any atom is -0.341 e. The summed E-state index contributed by atoms with van der Waals surface area (Å²) in [4.78, 5) is 0. The lowest BCUT2D eigenvalue weighted by atomic mass is 9.90. The van der Waals surface area contributed by atoms with Gasteiger partial charge in [-0.3, -0.25) is 0 Å². The first kappa shape index (κ1) is 37.3. The van der Waals surface area contributed by atoms with Crippen molar-refractivity contribution in [1.82, 2.24) is 13.7 Å². The Kier molecular flexibility index (Phi) is 10.2. The Morgan fingerprint density at radius 3 is 1.55 bits per heavy atom. The lowest BCUT2D eigenvalue weighted by Gasteiger charge is -2.16. The van der Waals surface area contributed by atoms with Crippen molar-refractivity contribution in [2.75, 3.05) is 0 Å². The number of rotatable bonds is 11. The van der Waals surface area contributed by atoms with Gasteiger partial charge >= 0.3 is 0 Å². The van der Waals surface area contributed by atoms with E-state index in [1.807, 2.05) is 0 Å². The molecular formula is C55H53N3. The van der Waals surface area contributed by atoms with Gasteiger partial charge in [-0.25, -0.2) is 0 Å². The van der Waals surface area contributed by atoms with Gasteiger partial charge in [-0.1, -0.05) is 104 Å². The molecule has 1 atom stereocenters. The normalized spacial score (nSPS) is 14.7. The molecule has 0 saturated heterocycles. The molecule has 288 valence electrons. The van der Waals surface area contributed by atoms with E-state index in [1.54, 1.807) is 0 Å². The third-order valence-electron chi connectivity index (χ3n) is 12.2. The number of nitrogens with zero attached hydrogens (tertiary/aromatic N) is 3. The van der Waals surface area contributed by atoms with Crippen LogP contribution in [0, 0.1) is 6.92 Å². The van der Waals surface area contributed by atoms with Gasteiger partial charge in [0, 0.05) is 74.6 Å². The van der Waals surface area contributed by atoms with Gasteiger partial charge in [0.1, 0.15) is 0 Å². The van der Waals surface area contributed by atoms with Gasteiger partial charge in [0.05, 0.1) is 0 Å². The van der Waals surface area contributed by atoms with Crippen molar-refractivity contribution in [2.24, 2.45) is 0 Å². The van der Waals surface area contributed by atoms with Gasteiger partial charge in [-0.2, -0.15) is 0 Å². The molecule has 5 aromatic carbocycles. The van der Waals surface area contributed by atoms with Crippen LogP contribution in [0.4, 0.5) is 0 Å². The maximum atomic E-state index is 2.48. The van der Waals surface area contributed by atoms with Crippen LogP contribution in [-0.4, -0.2) is 13.7 Å². The van der Waals surface area contributed by atoms with Crippen molar-refractivity contribution >= 4 is 86.1 Å². The topological polar surface area (TPSA) is 14.8 Å². The standard InChI is InChI=1S/C55H53N3/c1-6-56-49(39(5)55-38(4)17-16-24-54(55)56)21-11-9-10-18-42-33-43(27-25-40-29-31-52-47(36-40)45-19-12-14-22-50(45)57(52)7-2)35-44(34-42)28-26-41-30-32-53-48(37-41)46-20-13-15-23-51(46)58(53)8-3/h10-16,18-38H,6-9,17H2,1-5H3/b18-10+,21-11-,27-25+,28-26+. The van der Waals surface area contributed by atoms with Gasteiger partial charge in [0.25, 0.3) is 0 Å². The average molecular weight is 756 g/mol. The molecule has 8 aromatic rings. The van der Waals surface area contributed by atoms with Crippen LogP contribution in [0.15, 0.2) is 121 Å². The third kappa shape index (κ3) is 6.79. The Hall–Kier alpha value is -6.32. The molecule has 0 amide bonds. The number of hydrogen-bond acceptors (Lipinski definition) is 0. The summed E-state index contributed by atoms with van der Waals surface area (Å²) in [7, 11) is 0. The van der Waals surface area contributed by atoms with Gasteiger partial charge < -0.3 is 13.7 Å². The summed E-state index contributed by atoms with van der Waals surface area (Å²) in [5.74, 6) is 0.570. The molecule has 0 N–H and O–H groups in total. The van der Waals surface area contributed by atoms with Crippen molar-refractivity contribution < 1.29 is 0 Å². The Morgan fingerprint density at radius 1 is 0.517 bits per heavy atom. The fourth-order valence-electron chi connectivity index (χ4n) is 9.54. The zero-order valence-electron chi connectivity index (χ0n) is 34.5. The van der Waals surface area contributed by atoms with E-state index in [9.17, 15) is 0 Å². The molecule has 1 aliphatic carbocycles. The molecule has 0 aliphatic heterocycles. The average Bonchev–Trinajstić information content (AvgIpc) is 3.85. The Labute approximate surface area is 343 Å². The fourth-order valence-corrected chi connectivity index (χ4v) is 9.54. The second-order valence-corrected chi connectivity index (χ2v) is 15.8. The maximum absolute atomic E-state index is 2.48. The number of aryl methyl sites for hydroxylation is 2. The highest BCUT2D eigenvalue weighted by molar-refractivity contribution is 6.09. The van der Waals surface area contributed by atoms with E-state index in [0.717, 1.165) is 32.5 Å². The highest BCUT2D eigenvalue weighted by Gasteiger charge is 2.22. The number of aromatic nitrogens is 3. The summed E-state index contributed by atoms with van der Waals surface area (Å²) in [5, 5.41) is 5.23. The molecule has 3 heteroatoms. The zero-order valence-corrected chi connectivity index (χ0v) is 34.5. The van der Waals surface area contributed by atoms with Crippen LogP contribution in [0.5, 0.6) is 0 Å². The van der Waals surface area contributed by atoms with Crippen LogP contribution in [0.1, 0.15) is 96.8 Å². The molecule has 58 heavy (non-hydrogen) atoms. The summed E-state index contributed by atoms with van der Waals surface area (Å²) < 4.78 is 7.30. The summed E-state index contributed by atoms with van der Waals surface area (Å²) in [6, 6.07) is 38.1. The molecule has 3 heterocycles. The van der Waals surface area contributed by atoms with Crippen LogP contribution in [0.3, 0.4) is 0 Å². The first-order valence-electron chi connectivity index (χ1n) is 21.2. The molecule has 1 unspecified atom stereocenters. The summed E-state index contributed by atoms with van der Waals surface area (Å²) in [6.45, 7) is 14.2. The fraction of sp³-hybridized carbons (Fsp3) is 0.200. The van der Waals surface area contributed by atoms with Gasteiger partial charge in [-0.15, -0.1) is 0 Å². The van der Waals surface area contributed by atoms with E-state index in [-0.39, 0.29) is 0 Å². The molecule has 0 saturated carbocycles. The smallest absolute Gasteiger partial charge is 0.0491 e. The van der Waals surface area contributed by atoms with Crippen molar-refractivity contribution in [3.05, 3.63) is 172 Å². The largest absolute Gasteiger partial charge is 0.341 e. The summed E-state index contributed by atoms with van der Waals surface area (Å²) in [5.41, 5.74) is 16.8. The van der Waals surface area contributed by atoms with Crippen LogP contribution < -0.4 is 0 Å². The van der Waals surface area contributed by atoms with Crippen molar-refractivity contribution in [3.63, 3.8) is 0 Å². The maximum Gasteiger partial charge on any atom is 0.0491 e. The van der Waals surface area contributed by atoms with E-state index < -0.39 is 0 Å². The lowest BCUT2D eigenvalue weighted by molar-refractivity contribution is 0.721. The van der Waals surface area contributed by atoms with Crippen molar-refractivity contribution in [3.8, 4) is 0 Å². The molecule has 1 aliphatic rings. The van der Waals surface area contributed by atoms with E-state index in [0.29, 0.717) is 5.92 Å². The first-order chi connectivity index (χ1) is 28.4. The molecular weight excluding hydrogens is 703 g/mol. The lowest BCUT2D eigenvalue weighted by Crippen LogP contribution is -2.04. The van der Waals surface area contributed by atoms with E-state index in [1.165, 1.54) is 93.9 Å². The Bertz CT molecular complexity index is 2830. The van der Waals surface area contributed by atoms with Gasteiger partial charge in [0.15, 0.2) is 0 Å². The van der Waals surface area contributed by atoms with Crippen LogP contribution in [0.25, 0.3) is 86.1 Å². The Morgan fingerprint density at radius 2 is 1.00 bits per heavy atom. The van der Waals surface area contributed by atoms with Crippen molar-refractivity contribution in [2.45, 2.75) is 73.0 Å². The molecule has 9 rings (SSSR count). The second-order valence-electron chi connectivity index (χ2n) is 15.8. The van der Waals surface area contributed by atoms with Gasteiger partial charge in [-0.05, 0) is 152 Å². The van der Waals surface area contributed by atoms with Crippen LogP contribution in [0.2, 0.25) is 0 Å². The minimum atomic E-state index is 0.570. The van der Waals surface area contributed by atoms with Crippen molar-refractivity contribution in [1.29, 1.82) is 0 Å². The number of hydrogen-bond donors (Lipinski definition) is 0. The zero-order chi connectivity index (χ0) is 39.8. The second kappa shape index (κ2) is 15.9.